The fourth-order valence-corrected chi connectivity index (χ4v) is 5.14. The van der Waals surface area contributed by atoms with Crippen molar-refractivity contribution in [1.29, 1.82) is 0 Å². The third-order valence-corrected chi connectivity index (χ3v) is 6.64. The Morgan fingerprint density at radius 3 is 2.64 bits per heavy atom. The lowest BCUT2D eigenvalue weighted by Crippen LogP contribution is -2.54. The molecule has 8 nitrogen and oxygen atoms in total. The van der Waals surface area contributed by atoms with Crippen LogP contribution in [0.4, 0.5) is 0 Å². The summed E-state index contributed by atoms with van der Waals surface area (Å²) in [5.41, 5.74) is 7.61. The van der Waals surface area contributed by atoms with Crippen LogP contribution in [0.15, 0.2) is 18.2 Å². The first-order chi connectivity index (χ1) is 13.4. The van der Waals surface area contributed by atoms with Crippen molar-refractivity contribution in [2.45, 2.75) is 37.9 Å². The number of nitrogens with two attached hydrogens (primary N) is 1. The number of carbonyl (C=O) groups excluding carboxylic acids is 4. The average molecular weight is 382 g/mol. The molecule has 4 aliphatic rings. The first kappa shape index (κ1) is 17.5. The smallest absolute Gasteiger partial charge is 0.262 e. The molecule has 1 aliphatic carbocycles. The molecule has 3 heterocycles. The number of piperidine rings is 1. The maximum absolute atomic E-state index is 13.1. The summed E-state index contributed by atoms with van der Waals surface area (Å²) in [6.07, 6.45) is 1.33. The van der Waals surface area contributed by atoms with Crippen molar-refractivity contribution < 1.29 is 19.2 Å². The number of imide groups is 2. The van der Waals surface area contributed by atoms with E-state index in [0.29, 0.717) is 29.5 Å². The maximum atomic E-state index is 13.1. The zero-order valence-electron chi connectivity index (χ0n) is 15.4. The lowest BCUT2D eigenvalue weighted by molar-refractivity contribution is -0.136. The lowest BCUT2D eigenvalue weighted by atomic mass is 9.72. The molecule has 8 heteroatoms. The van der Waals surface area contributed by atoms with E-state index in [1.807, 2.05) is 6.07 Å². The zero-order chi connectivity index (χ0) is 19.6. The molecule has 0 aromatic heterocycles. The molecule has 1 saturated carbocycles. The molecule has 3 N–H and O–H groups in total. The molecule has 146 valence electrons. The molecule has 28 heavy (non-hydrogen) atoms. The van der Waals surface area contributed by atoms with Crippen LogP contribution in [-0.4, -0.2) is 58.6 Å². The van der Waals surface area contributed by atoms with Gasteiger partial charge in [0.25, 0.3) is 11.8 Å². The van der Waals surface area contributed by atoms with Gasteiger partial charge < -0.3 is 5.73 Å². The normalized spacial score (nSPS) is 32.2. The van der Waals surface area contributed by atoms with Gasteiger partial charge in [0.2, 0.25) is 11.8 Å². The molecule has 5 rings (SSSR count). The molecular formula is C20H22N4O4. The lowest BCUT2D eigenvalue weighted by Gasteiger charge is -2.36. The Labute approximate surface area is 162 Å². The van der Waals surface area contributed by atoms with Gasteiger partial charge in [0.15, 0.2) is 0 Å². The van der Waals surface area contributed by atoms with Gasteiger partial charge >= 0.3 is 0 Å². The van der Waals surface area contributed by atoms with Crippen molar-refractivity contribution >= 4 is 23.6 Å². The number of nitrogens with one attached hydrogen (secondary N) is 1. The van der Waals surface area contributed by atoms with E-state index in [0.717, 1.165) is 30.0 Å². The molecule has 3 fully saturated rings. The predicted molar refractivity (Wildman–Crippen MR) is 98.0 cm³/mol. The van der Waals surface area contributed by atoms with Crippen LogP contribution in [0, 0.1) is 11.8 Å². The molecule has 0 spiro atoms. The van der Waals surface area contributed by atoms with Gasteiger partial charge in [-0.25, -0.2) is 0 Å². The van der Waals surface area contributed by atoms with E-state index in [-0.39, 0.29) is 24.8 Å². The van der Waals surface area contributed by atoms with Crippen LogP contribution in [-0.2, 0) is 16.1 Å². The second kappa shape index (κ2) is 6.22. The Kier molecular flexibility index (Phi) is 3.89. The summed E-state index contributed by atoms with van der Waals surface area (Å²) < 4.78 is 0. The number of nitrogens with zero attached hydrogens (tertiary/aromatic N) is 2. The third-order valence-electron chi connectivity index (χ3n) is 6.64. The standard InChI is InChI=1S/C20H22N4O4/c21-14-6-11-8-23(9-13(11)14)7-10-2-1-3-12-17(10)20(28)24(19(12)27)15-4-5-16(25)22-18(15)26/h1-3,11,13-15H,4-9,21H2,(H,22,25,26). The van der Waals surface area contributed by atoms with Crippen LogP contribution in [0.2, 0.25) is 0 Å². The first-order valence-corrected chi connectivity index (χ1v) is 9.75. The van der Waals surface area contributed by atoms with E-state index in [4.69, 9.17) is 5.73 Å². The topological polar surface area (TPSA) is 113 Å². The van der Waals surface area contributed by atoms with Gasteiger partial charge in [-0.2, -0.15) is 0 Å². The van der Waals surface area contributed by atoms with E-state index >= 15 is 0 Å². The molecule has 2 saturated heterocycles. The van der Waals surface area contributed by atoms with Gasteiger partial charge in [0.1, 0.15) is 6.04 Å². The molecule has 1 aromatic rings. The van der Waals surface area contributed by atoms with Gasteiger partial charge in [0.05, 0.1) is 11.1 Å². The number of amides is 4. The number of benzene rings is 1. The van der Waals surface area contributed by atoms with Crippen molar-refractivity contribution in [3.8, 4) is 0 Å². The quantitative estimate of drug-likeness (QED) is 0.704. The first-order valence-electron chi connectivity index (χ1n) is 9.75. The summed E-state index contributed by atoms with van der Waals surface area (Å²) in [6, 6.07) is 4.62. The monoisotopic (exact) mass is 382 g/mol. The number of hydrogen-bond acceptors (Lipinski definition) is 6. The van der Waals surface area contributed by atoms with E-state index in [9.17, 15) is 19.2 Å². The highest BCUT2D eigenvalue weighted by Gasteiger charge is 2.47. The minimum absolute atomic E-state index is 0.119. The number of hydrogen-bond donors (Lipinski definition) is 2. The summed E-state index contributed by atoms with van der Waals surface area (Å²) in [5.74, 6) is -0.709. The number of fused-ring (bicyclic) bond motifs is 2. The highest BCUT2D eigenvalue weighted by Crippen LogP contribution is 2.40. The van der Waals surface area contributed by atoms with Crippen LogP contribution in [0.5, 0.6) is 0 Å². The van der Waals surface area contributed by atoms with Crippen molar-refractivity contribution in [2.75, 3.05) is 13.1 Å². The fraction of sp³-hybridized carbons (Fsp3) is 0.500. The summed E-state index contributed by atoms with van der Waals surface area (Å²) in [4.78, 5) is 53.0. The van der Waals surface area contributed by atoms with E-state index < -0.39 is 23.8 Å². The number of carbonyl (C=O) groups is 4. The van der Waals surface area contributed by atoms with Crippen molar-refractivity contribution in [2.24, 2.45) is 17.6 Å². The van der Waals surface area contributed by atoms with Crippen LogP contribution in [0.1, 0.15) is 45.5 Å². The number of rotatable bonds is 3. The predicted octanol–water partition coefficient (Wildman–Crippen LogP) is -0.133. The summed E-state index contributed by atoms with van der Waals surface area (Å²) in [7, 11) is 0. The van der Waals surface area contributed by atoms with E-state index in [2.05, 4.69) is 10.2 Å². The second-order valence-corrected chi connectivity index (χ2v) is 8.30. The molecule has 4 amide bonds. The summed E-state index contributed by atoms with van der Waals surface area (Å²) >= 11 is 0. The zero-order valence-corrected chi connectivity index (χ0v) is 15.4. The molecule has 1 aromatic carbocycles. The van der Waals surface area contributed by atoms with E-state index in [1.165, 1.54) is 0 Å². The van der Waals surface area contributed by atoms with Crippen LogP contribution < -0.4 is 11.1 Å². The van der Waals surface area contributed by atoms with Crippen molar-refractivity contribution in [1.82, 2.24) is 15.1 Å². The van der Waals surface area contributed by atoms with Crippen LogP contribution >= 0.6 is 0 Å². The minimum Gasteiger partial charge on any atom is -0.327 e. The SMILES string of the molecule is NC1CC2CN(Cc3cccc4c3C(=O)N(C3CCC(=O)NC3=O)C4=O)CC12. The van der Waals surface area contributed by atoms with Gasteiger partial charge in [-0.05, 0) is 36.3 Å². The Balaban J connectivity index is 1.41. The Morgan fingerprint density at radius 2 is 1.93 bits per heavy atom. The Morgan fingerprint density at radius 1 is 1.11 bits per heavy atom. The highest BCUT2D eigenvalue weighted by atomic mass is 16.2. The summed E-state index contributed by atoms with van der Waals surface area (Å²) in [5, 5.41) is 2.22. The van der Waals surface area contributed by atoms with Crippen LogP contribution in [0.3, 0.4) is 0 Å². The molecule has 4 atom stereocenters. The highest BCUT2D eigenvalue weighted by molar-refractivity contribution is 6.24. The van der Waals surface area contributed by atoms with Crippen LogP contribution in [0.25, 0.3) is 0 Å². The van der Waals surface area contributed by atoms with Gasteiger partial charge in [-0.3, -0.25) is 34.3 Å². The Hall–Kier alpha value is -2.58. The van der Waals surface area contributed by atoms with Gasteiger partial charge in [-0.1, -0.05) is 12.1 Å². The Bertz CT molecular complexity index is 913. The molecule has 3 aliphatic heterocycles. The second-order valence-electron chi connectivity index (χ2n) is 8.30. The average Bonchev–Trinajstić information content (AvgIpc) is 3.11. The maximum Gasteiger partial charge on any atom is 0.262 e. The molecule has 4 unspecified atom stereocenters. The molecule has 0 radical (unpaired) electrons. The summed E-state index contributed by atoms with van der Waals surface area (Å²) in [6.45, 7) is 2.46. The van der Waals surface area contributed by atoms with Crippen molar-refractivity contribution in [3.63, 3.8) is 0 Å². The molecular weight excluding hydrogens is 360 g/mol. The van der Waals surface area contributed by atoms with Gasteiger partial charge in [0, 0.05) is 32.1 Å². The fourth-order valence-electron chi connectivity index (χ4n) is 5.14. The third kappa shape index (κ3) is 2.51. The van der Waals surface area contributed by atoms with Gasteiger partial charge in [-0.15, -0.1) is 0 Å². The molecule has 0 bridgehead atoms. The van der Waals surface area contributed by atoms with E-state index in [1.54, 1.807) is 12.1 Å². The minimum atomic E-state index is -0.932. The number of likely N-dealkylation sites (tertiary alicyclic amines) is 1. The largest absolute Gasteiger partial charge is 0.327 e. The van der Waals surface area contributed by atoms with Crippen molar-refractivity contribution in [3.05, 3.63) is 34.9 Å².